The fraction of sp³-hybridized carbons (Fsp3) is 0. The molecular formula is C10H6BrFN4O. The van der Waals surface area contributed by atoms with Crippen molar-refractivity contribution in [3.63, 3.8) is 0 Å². The van der Waals surface area contributed by atoms with Gasteiger partial charge in [-0.2, -0.15) is 5.10 Å². The van der Waals surface area contributed by atoms with E-state index in [0.29, 0.717) is 4.47 Å². The zero-order valence-corrected chi connectivity index (χ0v) is 9.98. The van der Waals surface area contributed by atoms with Crippen LogP contribution in [0.5, 0.6) is 0 Å². The van der Waals surface area contributed by atoms with Gasteiger partial charge in [0.1, 0.15) is 5.82 Å². The average Bonchev–Trinajstić information content (AvgIpc) is 2.33. The molecule has 1 amide bonds. The minimum atomic E-state index is -0.510. The van der Waals surface area contributed by atoms with Crippen molar-refractivity contribution in [3.05, 3.63) is 46.4 Å². The molecule has 2 aromatic rings. The summed E-state index contributed by atoms with van der Waals surface area (Å²) in [5.41, 5.74) is 0.164. The first kappa shape index (κ1) is 11.6. The molecular weight excluding hydrogens is 291 g/mol. The third-order valence-electron chi connectivity index (χ3n) is 1.88. The second-order valence-electron chi connectivity index (χ2n) is 3.04. The highest BCUT2D eigenvalue weighted by atomic mass is 79.9. The van der Waals surface area contributed by atoms with Crippen LogP contribution in [0.15, 0.2) is 35.1 Å². The Labute approximate surface area is 104 Å². The Balaban J connectivity index is 2.23. The van der Waals surface area contributed by atoms with E-state index in [2.05, 4.69) is 36.4 Å². The molecule has 0 radical (unpaired) electrons. The molecule has 0 saturated heterocycles. The van der Waals surface area contributed by atoms with Gasteiger partial charge in [0.05, 0.1) is 18.0 Å². The van der Waals surface area contributed by atoms with Crippen molar-refractivity contribution in [2.75, 3.05) is 5.32 Å². The summed E-state index contributed by atoms with van der Waals surface area (Å²) in [4.78, 5) is 15.6. The van der Waals surface area contributed by atoms with Crippen LogP contribution >= 0.6 is 15.9 Å². The number of hydrogen-bond donors (Lipinski definition) is 1. The summed E-state index contributed by atoms with van der Waals surface area (Å²) in [5, 5.41) is 9.56. The number of carbonyl (C=O) groups excluding carboxylic acids is 1. The molecule has 0 aliphatic heterocycles. The molecule has 1 aromatic carbocycles. The molecule has 1 N–H and O–H groups in total. The molecule has 5 nitrogen and oxygen atoms in total. The maximum absolute atomic E-state index is 13.0. The summed E-state index contributed by atoms with van der Waals surface area (Å²) in [6.45, 7) is 0. The van der Waals surface area contributed by atoms with E-state index in [1.165, 1.54) is 24.5 Å². The number of hydrogen-bond acceptors (Lipinski definition) is 4. The lowest BCUT2D eigenvalue weighted by molar-refractivity contribution is 0.102. The monoisotopic (exact) mass is 296 g/mol. The van der Waals surface area contributed by atoms with Crippen molar-refractivity contribution < 1.29 is 9.18 Å². The Hall–Kier alpha value is -1.89. The second-order valence-corrected chi connectivity index (χ2v) is 3.90. The fourth-order valence-corrected chi connectivity index (χ4v) is 1.57. The van der Waals surface area contributed by atoms with Crippen molar-refractivity contribution >= 4 is 27.8 Å². The molecule has 7 heteroatoms. The summed E-state index contributed by atoms with van der Waals surface area (Å²) >= 11 is 3.16. The van der Waals surface area contributed by atoms with E-state index < -0.39 is 11.7 Å². The molecule has 1 heterocycles. The van der Waals surface area contributed by atoms with Crippen molar-refractivity contribution in [2.24, 2.45) is 0 Å². The van der Waals surface area contributed by atoms with E-state index in [1.807, 2.05) is 0 Å². The normalized spacial score (nSPS) is 10.0. The Morgan fingerprint density at radius 1 is 1.35 bits per heavy atom. The van der Waals surface area contributed by atoms with Crippen LogP contribution in [0, 0.1) is 5.82 Å². The van der Waals surface area contributed by atoms with Gasteiger partial charge in [0, 0.05) is 4.47 Å². The van der Waals surface area contributed by atoms with E-state index in [9.17, 15) is 9.18 Å². The number of amides is 1. The first-order valence-electron chi connectivity index (χ1n) is 4.57. The summed E-state index contributed by atoms with van der Waals surface area (Å²) in [7, 11) is 0. The van der Waals surface area contributed by atoms with E-state index in [1.54, 1.807) is 0 Å². The summed E-state index contributed by atoms with van der Waals surface area (Å²) in [6, 6.07) is 3.82. The number of nitrogens with zero attached hydrogens (tertiary/aromatic N) is 3. The van der Waals surface area contributed by atoms with E-state index in [-0.39, 0.29) is 11.5 Å². The molecule has 2 rings (SSSR count). The van der Waals surface area contributed by atoms with Crippen LogP contribution in [0.25, 0.3) is 0 Å². The predicted octanol–water partition coefficient (Wildman–Crippen LogP) is 2.03. The lowest BCUT2D eigenvalue weighted by atomic mass is 10.2. The SMILES string of the molecule is O=C(Nc1nccnn1)c1cc(F)ccc1Br. The molecule has 0 saturated carbocycles. The molecule has 0 atom stereocenters. The average molecular weight is 297 g/mol. The van der Waals surface area contributed by atoms with Crippen molar-refractivity contribution in [1.29, 1.82) is 0 Å². The van der Waals surface area contributed by atoms with Gasteiger partial charge < -0.3 is 0 Å². The first-order valence-corrected chi connectivity index (χ1v) is 5.36. The van der Waals surface area contributed by atoms with Crippen LogP contribution in [0.3, 0.4) is 0 Å². The number of carbonyl (C=O) groups is 1. The van der Waals surface area contributed by atoms with Gasteiger partial charge in [0.15, 0.2) is 0 Å². The lowest BCUT2D eigenvalue weighted by Gasteiger charge is -2.04. The van der Waals surface area contributed by atoms with Crippen LogP contribution in [-0.2, 0) is 0 Å². The van der Waals surface area contributed by atoms with Gasteiger partial charge in [-0.25, -0.2) is 9.37 Å². The quantitative estimate of drug-likeness (QED) is 0.921. The fourth-order valence-electron chi connectivity index (χ4n) is 1.15. The third kappa shape index (κ3) is 2.82. The Morgan fingerprint density at radius 3 is 2.88 bits per heavy atom. The third-order valence-corrected chi connectivity index (χ3v) is 2.57. The van der Waals surface area contributed by atoms with Gasteiger partial charge in [-0.15, -0.1) is 5.10 Å². The highest BCUT2D eigenvalue weighted by molar-refractivity contribution is 9.10. The van der Waals surface area contributed by atoms with Crippen molar-refractivity contribution in [1.82, 2.24) is 15.2 Å². The second kappa shape index (κ2) is 4.96. The zero-order chi connectivity index (χ0) is 12.3. The molecule has 0 unspecified atom stereocenters. The van der Waals surface area contributed by atoms with Gasteiger partial charge in [-0.3, -0.25) is 10.1 Å². The van der Waals surface area contributed by atoms with Crippen LogP contribution in [-0.4, -0.2) is 21.1 Å². The molecule has 1 aromatic heterocycles. The summed E-state index contributed by atoms with van der Waals surface area (Å²) in [5.74, 6) is -0.941. The lowest BCUT2D eigenvalue weighted by Crippen LogP contribution is -2.15. The van der Waals surface area contributed by atoms with Crippen LogP contribution < -0.4 is 5.32 Å². The topological polar surface area (TPSA) is 67.8 Å². The number of halogens is 2. The highest BCUT2D eigenvalue weighted by Gasteiger charge is 2.12. The Kier molecular flexibility index (Phi) is 3.38. The number of aromatic nitrogens is 3. The maximum atomic E-state index is 13.0. The Morgan fingerprint density at radius 2 is 2.18 bits per heavy atom. The predicted molar refractivity (Wildman–Crippen MR) is 61.9 cm³/mol. The minimum Gasteiger partial charge on any atom is -0.289 e. The minimum absolute atomic E-state index is 0.0636. The van der Waals surface area contributed by atoms with Gasteiger partial charge in [0.2, 0.25) is 5.95 Å². The molecule has 0 aliphatic carbocycles. The molecule has 0 bridgehead atoms. The largest absolute Gasteiger partial charge is 0.289 e. The van der Waals surface area contributed by atoms with E-state index in [4.69, 9.17) is 0 Å². The number of nitrogens with one attached hydrogen (secondary N) is 1. The molecule has 17 heavy (non-hydrogen) atoms. The highest BCUT2D eigenvalue weighted by Crippen LogP contribution is 2.18. The van der Waals surface area contributed by atoms with Crippen molar-refractivity contribution in [3.8, 4) is 0 Å². The van der Waals surface area contributed by atoms with Gasteiger partial charge in [0.25, 0.3) is 5.91 Å². The van der Waals surface area contributed by atoms with E-state index >= 15 is 0 Å². The van der Waals surface area contributed by atoms with Gasteiger partial charge >= 0.3 is 0 Å². The van der Waals surface area contributed by atoms with Gasteiger partial charge in [-0.1, -0.05) is 0 Å². The van der Waals surface area contributed by atoms with E-state index in [0.717, 1.165) is 6.07 Å². The summed E-state index contributed by atoms with van der Waals surface area (Å²) in [6.07, 6.45) is 2.77. The van der Waals surface area contributed by atoms with Gasteiger partial charge in [-0.05, 0) is 34.1 Å². The van der Waals surface area contributed by atoms with Crippen molar-refractivity contribution in [2.45, 2.75) is 0 Å². The molecule has 0 aliphatic rings. The van der Waals surface area contributed by atoms with Crippen LogP contribution in [0.2, 0.25) is 0 Å². The molecule has 0 spiro atoms. The molecule has 86 valence electrons. The number of anilines is 1. The first-order chi connectivity index (χ1) is 8.16. The zero-order valence-electron chi connectivity index (χ0n) is 8.39. The standard InChI is InChI=1S/C10H6BrFN4O/c11-8-2-1-6(12)5-7(8)9(17)15-10-13-3-4-14-16-10/h1-5H,(H,13,15,16,17). The smallest absolute Gasteiger partial charge is 0.259 e. The summed E-state index contributed by atoms with van der Waals surface area (Å²) < 4.78 is 13.5. The Bertz CT molecular complexity index is 549. The van der Waals surface area contributed by atoms with Crippen LogP contribution in [0.4, 0.5) is 10.3 Å². The number of rotatable bonds is 2. The maximum Gasteiger partial charge on any atom is 0.259 e. The van der Waals surface area contributed by atoms with Crippen LogP contribution in [0.1, 0.15) is 10.4 Å². The molecule has 0 fully saturated rings. The number of benzene rings is 1.